The number of H-pyrrole nitrogens is 1. The van der Waals surface area contributed by atoms with Gasteiger partial charge in [0.2, 0.25) is 5.91 Å². The lowest BCUT2D eigenvalue weighted by molar-refractivity contribution is -0.139. The number of carbonyl (C=O) groups is 1. The molecule has 4 aromatic rings. The van der Waals surface area contributed by atoms with E-state index in [0.29, 0.717) is 19.3 Å². The summed E-state index contributed by atoms with van der Waals surface area (Å²) >= 11 is 0. The first-order valence-corrected chi connectivity index (χ1v) is 14.1. The van der Waals surface area contributed by atoms with E-state index < -0.39 is 17.0 Å². The fraction of sp³-hybridized carbons (Fsp3) is 0.294. The van der Waals surface area contributed by atoms with Crippen LogP contribution in [-0.4, -0.2) is 39.4 Å². The first-order valence-electron chi connectivity index (χ1n) is 14.1. The Balaban J connectivity index is 0.00000405. The highest BCUT2D eigenvalue weighted by atomic mass is 35.5. The second-order valence-electron chi connectivity index (χ2n) is 10.8. The number of carbonyl (C=O) groups excluding carboxylic acids is 1. The number of aromatic nitrogens is 2. The molecule has 1 amide bonds. The summed E-state index contributed by atoms with van der Waals surface area (Å²) in [6.07, 6.45) is 1.94. The molecule has 1 fully saturated rings. The van der Waals surface area contributed by atoms with Crippen molar-refractivity contribution < 1.29 is 13.6 Å². The van der Waals surface area contributed by atoms with Crippen molar-refractivity contribution in [3.8, 4) is 0 Å². The van der Waals surface area contributed by atoms with Crippen LogP contribution in [0, 0.1) is 6.92 Å². The average molecular weight is 591 g/mol. The van der Waals surface area contributed by atoms with Crippen molar-refractivity contribution in [2.45, 2.75) is 50.0 Å². The minimum atomic E-state index is -1.64. The van der Waals surface area contributed by atoms with Crippen molar-refractivity contribution in [3.05, 3.63) is 137 Å². The monoisotopic (exact) mass is 590 g/mol. The predicted octanol–water partition coefficient (Wildman–Crippen LogP) is 6.97. The highest BCUT2D eigenvalue weighted by molar-refractivity contribution is 5.91. The summed E-state index contributed by atoms with van der Waals surface area (Å²) in [6.45, 7) is 2.39. The summed E-state index contributed by atoms with van der Waals surface area (Å²) in [4.78, 5) is 24.2. The van der Waals surface area contributed by atoms with Gasteiger partial charge in [0.25, 0.3) is 6.08 Å². The summed E-state index contributed by atoms with van der Waals surface area (Å²) < 4.78 is 26.8. The number of aromatic amines is 1. The molecule has 0 bridgehead atoms. The first kappa shape index (κ1) is 31.1. The SMILES string of the molecule is Cc1[nH]cnc1CCCC(N)(C(=O)N1CCC(=C(F)F)CC1)C(c1ccccc1)(c1ccccc1)c1ccccc1.Cl. The molecule has 3 aromatic carbocycles. The van der Waals surface area contributed by atoms with Gasteiger partial charge < -0.3 is 15.6 Å². The third-order valence-corrected chi connectivity index (χ3v) is 8.51. The standard InChI is InChI=1S/C34H36F2N4O.ClH/c1-25-30(39-24-38-25)18-11-21-33(37,32(41)40-22-19-26(20-23-40)31(35)36)34(27-12-5-2-6-13-27,28-14-7-3-8-15-28)29-16-9-4-10-17-29;/h2-10,12-17,24H,11,18-23,37H2,1H3,(H,38,39);1H. The third-order valence-electron chi connectivity index (χ3n) is 8.51. The van der Waals surface area contributed by atoms with E-state index in [4.69, 9.17) is 5.73 Å². The van der Waals surface area contributed by atoms with E-state index in [1.54, 1.807) is 11.2 Å². The number of benzene rings is 3. The van der Waals surface area contributed by atoms with Gasteiger partial charge in [-0.05, 0) is 61.3 Å². The van der Waals surface area contributed by atoms with Crippen LogP contribution in [0.5, 0.6) is 0 Å². The van der Waals surface area contributed by atoms with Crippen LogP contribution in [0.4, 0.5) is 8.78 Å². The van der Waals surface area contributed by atoms with Gasteiger partial charge in [0.05, 0.1) is 17.4 Å². The average Bonchev–Trinajstić information content (AvgIpc) is 3.43. The molecule has 0 radical (unpaired) electrons. The molecule has 8 heteroatoms. The van der Waals surface area contributed by atoms with Crippen molar-refractivity contribution in [2.75, 3.05) is 13.1 Å². The lowest BCUT2D eigenvalue weighted by Gasteiger charge is -2.51. The summed E-state index contributed by atoms with van der Waals surface area (Å²) in [6, 6.07) is 29.8. The fourth-order valence-electron chi connectivity index (χ4n) is 6.42. The Labute approximate surface area is 252 Å². The molecule has 1 atom stereocenters. The van der Waals surface area contributed by atoms with Gasteiger partial charge in [0.15, 0.2) is 0 Å². The van der Waals surface area contributed by atoms with Crippen LogP contribution in [0.25, 0.3) is 0 Å². The quantitative estimate of drug-likeness (QED) is 0.207. The van der Waals surface area contributed by atoms with Gasteiger partial charge in [-0.1, -0.05) is 91.0 Å². The number of piperidine rings is 1. The van der Waals surface area contributed by atoms with E-state index in [2.05, 4.69) is 9.97 Å². The minimum Gasteiger partial charge on any atom is -0.348 e. The lowest BCUT2D eigenvalue weighted by Crippen LogP contribution is -2.68. The molecular weight excluding hydrogens is 554 g/mol. The smallest absolute Gasteiger partial charge is 0.269 e. The number of nitrogens with two attached hydrogens (primary N) is 1. The molecular formula is C34H37ClF2N4O. The Morgan fingerprint density at radius 3 is 1.76 bits per heavy atom. The number of aryl methyl sites for hydroxylation is 2. The zero-order chi connectivity index (χ0) is 28.9. The van der Waals surface area contributed by atoms with Gasteiger partial charge in [-0.15, -0.1) is 12.4 Å². The summed E-state index contributed by atoms with van der Waals surface area (Å²) in [5, 5.41) is 0. The van der Waals surface area contributed by atoms with Gasteiger partial charge in [-0.2, -0.15) is 8.78 Å². The molecule has 1 aromatic heterocycles. The zero-order valence-electron chi connectivity index (χ0n) is 23.7. The van der Waals surface area contributed by atoms with Crippen LogP contribution in [0.3, 0.4) is 0 Å². The maximum absolute atomic E-state index is 14.9. The van der Waals surface area contributed by atoms with Crippen LogP contribution in [0.2, 0.25) is 0 Å². The van der Waals surface area contributed by atoms with Crippen LogP contribution in [0.15, 0.2) is 109 Å². The first-order chi connectivity index (χ1) is 19.9. The zero-order valence-corrected chi connectivity index (χ0v) is 24.5. The third kappa shape index (κ3) is 5.76. The molecule has 1 aliphatic heterocycles. The molecule has 5 nitrogen and oxygen atoms in total. The number of nitrogens with one attached hydrogen (secondary N) is 1. The maximum Gasteiger partial charge on any atom is 0.269 e. The van der Waals surface area contributed by atoms with E-state index in [1.807, 2.05) is 97.9 Å². The topological polar surface area (TPSA) is 75.0 Å². The maximum atomic E-state index is 14.9. The molecule has 2 heterocycles. The number of halogens is 3. The predicted molar refractivity (Wildman–Crippen MR) is 165 cm³/mol. The molecule has 0 spiro atoms. The lowest BCUT2D eigenvalue weighted by atomic mass is 9.56. The van der Waals surface area contributed by atoms with Gasteiger partial charge in [-0.3, -0.25) is 4.79 Å². The molecule has 0 saturated carbocycles. The number of hydrogen-bond donors (Lipinski definition) is 2. The Bertz CT molecular complexity index is 1380. The summed E-state index contributed by atoms with van der Waals surface area (Å²) in [5.74, 6) is -0.230. The molecule has 1 saturated heterocycles. The molecule has 5 rings (SSSR count). The summed E-state index contributed by atoms with van der Waals surface area (Å²) in [7, 11) is 0. The van der Waals surface area contributed by atoms with E-state index >= 15 is 0 Å². The van der Waals surface area contributed by atoms with E-state index in [0.717, 1.165) is 28.1 Å². The van der Waals surface area contributed by atoms with Crippen molar-refractivity contribution in [2.24, 2.45) is 5.73 Å². The second-order valence-corrected chi connectivity index (χ2v) is 10.8. The van der Waals surface area contributed by atoms with Crippen LogP contribution >= 0.6 is 12.4 Å². The molecule has 1 aliphatic rings. The Kier molecular flexibility index (Phi) is 9.97. The van der Waals surface area contributed by atoms with Gasteiger partial charge in [-0.25, -0.2) is 4.98 Å². The van der Waals surface area contributed by atoms with Crippen molar-refractivity contribution in [1.82, 2.24) is 14.9 Å². The second kappa shape index (κ2) is 13.4. The minimum absolute atomic E-state index is 0. The number of rotatable bonds is 9. The Morgan fingerprint density at radius 2 is 1.36 bits per heavy atom. The van der Waals surface area contributed by atoms with Crippen molar-refractivity contribution >= 4 is 18.3 Å². The normalized spacial score (nSPS) is 15.0. The number of hydrogen-bond acceptors (Lipinski definition) is 3. The van der Waals surface area contributed by atoms with Crippen molar-refractivity contribution in [1.29, 1.82) is 0 Å². The number of likely N-dealkylation sites (tertiary alicyclic amines) is 1. The van der Waals surface area contributed by atoms with E-state index in [-0.39, 0.29) is 49.8 Å². The van der Waals surface area contributed by atoms with E-state index in [1.165, 1.54) is 0 Å². The molecule has 42 heavy (non-hydrogen) atoms. The highest BCUT2D eigenvalue weighted by Gasteiger charge is 2.57. The Morgan fingerprint density at radius 1 is 0.881 bits per heavy atom. The Hall–Kier alpha value is -3.81. The van der Waals surface area contributed by atoms with Gasteiger partial charge in [0.1, 0.15) is 5.54 Å². The number of nitrogens with zero attached hydrogens (tertiary/aromatic N) is 2. The number of amides is 1. The van der Waals surface area contributed by atoms with Gasteiger partial charge >= 0.3 is 0 Å². The van der Waals surface area contributed by atoms with Crippen LogP contribution in [0.1, 0.15) is 53.8 Å². The molecule has 3 N–H and O–H groups in total. The van der Waals surface area contributed by atoms with Crippen LogP contribution < -0.4 is 5.73 Å². The summed E-state index contributed by atoms with van der Waals surface area (Å²) in [5.41, 5.74) is 9.88. The highest BCUT2D eigenvalue weighted by Crippen LogP contribution is 2.49. The molecule has 220 valence electrons. The fourth-order valence-corrected chi connectivity index (χ4v) is 6.42. The molecule has 0 aliphatic carbocycles. The molecule has 1 unspecified atom stereocenters. The van der Waals surface area contributed by atoms with Gasteiger partial charge in [0, 0.05) is 18.8 Å². The largest absolute Gasteiger partial charge is 0.348 e. The van der Waals surface area contributed by atoms with Crippen molar-refractivity contribution in [3.63, 3.8) is 0 Å². The number of imidazole rings is 1. The van der Waals surface area contributed by atoms with Crippen LogP contribution in [-0.2, 0) is 16.6 Å². The van der Waals surface area contributed by atoms with E-state index in [9.17, 15) is 13.6 Å².